The first kappa shape index (κ1) is 12.6. The second-order valence-corrected chi connectivity index (χ2v) is 3.82. The first-order chi connectivity index (χ1) is 9.04. The number of phenols is 1. The van der Waals surface area contributed by atoms with Gasteiger partial charge in [0, 0.05) is 11.8 Å². The number of aromatic hydroxyl groups is 1. The normalized spacial score (nSPS) is 10.1. The average Bonchev–Trinajstić information content (AvgIpc) is 2.76. The highest BCUT2D eigenvalue weighted by Crippen LogP contribution is 2.12. The molecule has 1 heterocycles. The van der Waals surface area contributed by atoms with E-state index >= 15 is 0 Å². The zero-order valence-corrected chi connectivity index (χ0v) is 9.78. The third kappa shape index (κ3) is 3.32. The molecule has 19 heavy (non-hydrogen) atoms. The number of anilines is 1. The van der Waals surface area contributed by atoms with Crippen LogP contribution in [0.4, 0.5) is 5.69 Å². The van der Waals surface area contributed by atoms with Crippen LogP contribution in [0.15, 0.2) is 36.7 Å². The van der Waals surface area contributed by atoms with Gasteiger partial charge in [-0.25, -0.2) is 0 Å². The minimum absolute atomic E-state index is 0.0748. The van der Waals surface area contributed by atoms with Crippen molar-refractivity contribution in [3.8, 4) is 5.75 Å². The molecule has 3 N–H and O–H groups in total. The molecule has 0 unspecified atom stereocenters. The summed E-state index contributed by atoms with van der Waals surface area (Å²) in [6.07, 6.45) is 2.79. The minimum Gasteiger partial charge on any atom is -0.508 e. The Morgan fingerprint density at radius 2 is 1.95 bits per heavy atom. The molecule has 2 aromatic rings. The quantitative estimate of drug-likeness (QED) is 0.759. The summed E-state index contributed by atoms with van der Waals surface area (Å²) >= 11 is 0. The molecule has 0 atom stereocenters. The number of nitrogens with one attached hydrogen (secondary N) is 1. The van der Waals surface area contributed by atoms with Gasteiger partial charge in [0.25, 0.3) is 5.91 Å². The van der Waals surface area contributed by atoms with Gasteiger partial charge in [0.15, 0.2) is 0 Å². The smallest absolute Gasteiger partial charge is 0.325 e. The number of benzene rings is 1. The summed E-state index contributed by atoms with van der Waals surface area (Å²) in [5, 5.41) is 24.1. The first-order valence-electron chi connectivity index (χ1n) is 5.39. The van der Waals surface area contributed by atoms with Crippen LogP contribution in [0.25, 0.3) is 0 Å². The van der Waals surface area contributed by atoms with Crippen molar-refractivity contribution in [2.45, 2.75) is 6.54 Å². The number of rotatable bonds is 4. The Bertz CT molecular complexity index is 604. The fraction of sp³-hybridized carbons (Fsp3) is 0.0833. The highest BCUT2D eigenvalue weighted by molar-refractivity contribution is 6.04. The summed E-state index contributed by atoms with van der Waals surface area (Å²) in [5.74, 6) is -1.31. The molecule has 0 aliphatic rings. The Morgan fingerprint density at radius 3 is 2.58 bits per heavy atom. The average molecular weight is 261 g/mol. The maximum absolute atomic E-state index is 11.8. The highest BCUT2D eigenvalue weighted by atomic mass is 16.4. The summed E-state index contributed by atoms with van der Waals surface area (Å²) in [7, 11) is 0. The molecule has 0 aliphatic heterocycles. The Balaban J connectivity index is 2.04. The van der Waals surface area contributed by atoms with Gasteiger partial charge < -0.3 is 15.5 Å². The maximum atomic E-state index is 11.8. The van der Waals surface area contributed by atoms with E-state index in [0.29, 0.717) is 11.3 Å². The second kappa shape index (κ2) is 5.21. The van der Waals surface area contributed by atoms with E-state index in [-0.39, 0.29) is 18.2 Å². The molecule has 0 saturated heterocycles. The number of nitrogens with zero attached hydrogens (tertiary/aromatic N) is 2. The molecule has 1 aromatic heterocycles. The predicted octanol–water partition coefficient (Wildman–Crippen LogP) is 0.926. The summed E-state index contributed by atoms with van der Waals surface area (Å²) in [6.45, 7) is -0.269. The highest BCUT2D eigenvalue weighted by Gasteiger charge is 2.08. The molecular weight excluding hydrogens is 250 g/mol. The van der Waals surface area contributed by atoms with Crippen LogP contribution in [0.3, 0.4) is 0 Å². The van der Waals surface area contributed by atoms with Gasteiger partial charge in [0.05, 0.1) is 11.9 Å². The van der Waals surface area contributed by atoms with Crippen molar-refractivity contribution in [2.75, 3.05) is 5.32 Å². The number of hydrogen-bond donors (Lipinski definition) is 3. The first-order valence-corrected chi connectivity index (χ1v) is 5.39. The molecular formula is C12H11N3O4. The van der Waals surface area contributed by atoms with Crippen LogP contribution in [-0.2, 0) is 11.3 Å². The molecule has 2 rings (SSSR count). The lowest BCUT2D eigenvalue weighted by atomic mass is 10.2. The van der Waals surface area contributed by atoms with E-state index in [9.17, 15) is 9.59 Å². The molecule has 0 aliphatic carbocycles. The zero-order chi connectivity index (χ0) is 13.8. The lowest BCUT2D eigenvalue weighted by Gasteiger charge is -2.02. The molecule has 0 fully saturated rings. The number of phenolic OH excluding ortho intramolecular Hbond substituents is 1. The number of amides is 1. The van der Waals surface area contributed by atoms with Crippen LogP contribution in [-0.4, -0.2) is 31.9 Å². The van der Waals surface area contributed by atoms with Crippen molar-refractivity contribution in [3.63, 3.8) is 0 Å². The Morgan fingerprint density at radius 1 is 1.26 bits per heavy atom. The van der Waals surface area contributed by atoms with Crippen molar-refractivity contribution in [3.05, 3.63) is 42.2 Å². The van der Waals surface area contributed by atoms with Gasteiger partial charge in [-0.2, -0.15) is 5.10 Å². The Hall–Kier alpha value is -2.83. The third-order valence-corrected chi connectivity index (χ3v) is 2.32. The molecule has 0 spiro atoms. The van der Waals surface area contributed by atoms with Crippen LogP contribution in [0, 0.1) is 0 Å². The predicted molar refractivity (Wildman–Crippen MR) is 65.9 cm³/mol. The van der Waals surface area contributed by atoms with Crippen molar-refractivity contribution in [1.82, 2.24) is 9.78 Å². The number of hydrogen-bond acceptors (Lipinski definition) is 4. The largest absolute Gasteiger partial charge is 0.508 e. The van der Waals surface area contributed by atoms with Crippen LogP contribution in [0.5, 0.6) is 5.75 Å². The number of carbonyl (C=O) groups excluding carboxylic acids is 1. The summed E-state index contributed by atoms with van der Waals surface area (Å²) < 4.78 is 1.20. The second-order valence-electron chi connectivity index (χ2n) is 3.82. The van der Waals surface area contributed by atoms with Crippen LogP contribution in [0.1, 0.15) is 10.4 Å². The fourth-order valence-corrected chi connectivity index (χ4v) is 1.47. The topological polar surface area (TPSA) is 104 Å². The van der Waals surface area contributed by atoms with Crippen molar-refractivity contribution in [1.29, 1.82) is 0 Å². The monoisotopic (exact) mass is 261 g/mol. The molecule has 98 valence electrons. The summed E-state index contributed by atoms with van der Waals surface area (Å²) in [4.78, 5) is 22.3. The van der Waals surface area contributed by atoms with E-state index in [4.69, 9.17) is 10.2 Å². The molecule has 7 heteroatoms. The third-order valence-electron chi connectivity index (χ3n) is 2.32. The summed E-state index contributed by atoms with van der Waals surface area (Å²) in [5.41, 5.74) is 0.781. The standard InChI is InChI=1S/C12H11N3O4/c16-10-3-1-8(2-4-10)12(19)14-9-5-13-15(6-9)7-11(17)18/h1-6,16H,7H2,(H,14,19)(H,17,18). The van der Waals surface area contributed by atoms with Crippen molar-refractivity contribution in [2.24, 2.45) is 0 Å². The van der Waals surface area contributed by atoms with Gasteiger partial charge in [-0.3, -0.25) is 14.3 Å². The Kier molecular flexibility index (Phi) is 3.46. The van der Waals surface area contributed by atoms with Crippen LogP contribution < -0.4 is 5.32 Å². The maximum Gasteiger partial charge on any atom is 0.325 e. The number of aliphatic carboxylic acids is 1. The SMILES string of the molecule is O=C(O)Cn1cc(NC(=O)c2ccc(O)cc2)cn1. The van der Waals surface area contributed by atoms with Gasteiger partial charge in [-0.1, -0.05) is 0 Å². The summed E-state index contributed by atoms with van der Waals surface area (Å²) in [6, 6.07) is 5.77. The molecule has 1 amide bonds. The number of carboxylic acid groups (broad SMARTS) is 1. The number of carboxylic acids is 1. The zero-order valence-electron chi connectivity index (χ0n) is 9.78. The molecule has 0 radical (unpaired) electrons. The minimum atomic E-state index is -1.01. The number of carbonyl (C=O) groups is 2. The van der Waals surface area contributed by atoms with Crippen molar-refractivity contribution < 1.29 is 19.8 Å². The lowest BCUT2D eigenvalue weighted by molar-refractivity contribution is -0.137. The lowest BCUT2D eigenvalue weighted by Crippen LogP contribution is -2.11. The van der Waals surface area contributed by atoms with E-state index in [1.165, 1.54) is 41.3 Å². The van der Waals surface area contributed by atoms with Gasteiger partial charge in [-0.15, -0.1) is 0 Å². The van der Waals surface area contributed by atoms with Crippen molar-refractivity contribution >= 4 is 17.6 Å². The van der Waals surface area contributed by atoms with Crippen LogP contribution in [0.2, 0.25) is 0 Å². The van der Waals surface area contributed by atoms with Gasteiger partial charge in [0.1, 0.15) is 12.3 Å². The van der Waals surface area contributed by atoms with E-state index in [0.717, 1.165) is 0 Å². The van der Waals surface area contributed by atoms with E-state index in [2.05, 4.69) is 10.4 Å². The molecule has 7 nitrogen and oxygen atoms in total. The van der Waals surface area contributed by atoms with Gasteiger partial charge in [0.2, 0.25) is 0 Å². The van der Waals surface area contributed by atoms with Gasteiger partial charge >= 0.3 is 5.97 Å². The Labute approximate surface area is 108 Å². The molecule has 1 aromatic carbocycles. The fourth-order valence-electron chi connectivity index (χ4n) is 1.47. The van der Waals surface area contributed by atoms with Gasteiger partial charge in [-0.05, 0) is 24.3 Å². The molecule has 0 saturated carbocycles. The number of aromatic nitrogens is 2. The molecule has 0 bridgehead atoms. The van der Waals surface area contributed by atoms with Crippen LogP contribution >= 0.6 is 0 Å². The van der Waals surface area contributed by atoms with E-state index < -0.39 is 5.97 Å². The van der Waals surface area contributed by atoms with E-state index in [1.807, 2.05) is 0 Å². The van der Waals surface area contributed by atoms with E-state index in [1.54, 1.807) is 0 Å².